The van der Waals surface area contributed by atoms with Crippen LogP contribution < -0.4 is 0 Å². The SMILES string of the molecule is CC(=S)CO[C]=O. The summed E-state index contributed by atoms with van der Waals surface area (Å²) in [7, 11) is 0. The summed E-state index contributed by atoms with van der Waals surface area (Å²) in [5, 5.41) is 0. The average molecular weight is 117 g/mol. The van der Waals surface area contributed by atoms with E-state index in [1.54, 1.807) is 6.92 Å². The van der Waals surface area contributed by atoms with Crippen molar-refractivity contribution in [3.05, 3.63) is 0 Å². The van der Waals surface area contributed by atoms with E-state index in [-0.39, 0.29) is 6.61 Å². The third kappa shape index (κ3) is 5.56. The summed E-state index contributed by atoms with van der Waals surface area (Å²) in [4.78, 5) is 9.96. The van der Waals surface area contributed by atoms with Gasteiger partial charge in [-0.3, -0.25) is 0 Å². The van der Waals surface area contributed by atoms with E-state index in [9.17, 15) is 4.79 Å². The molecule has 0 fully saturated rings. The normalized spacial score (nSPS) is 7.57. The molecule has 0 aliphatic rings. The summed E-state index contributed by atoms with van der Waals surface area (Å²) in [6, 6.07) is 0. The number of thiocarbonyl (C=S) groups is 1. The minimum atomic E-state index is 0.207. The van der Waals surface area contributed by atoms with E-state index < -0.39 is 0 Å². The van der Waals surface area contributed by atoms with Crippen LogP contribution in [0.25, 0.3) is 0 Å². The molecule has 7 heavy (non-hydrogen) atoms. The first kappa shape index (κ1) is 6.56. The maximum atomic E-state index is 9.30. The molecule has 0 atom stereocenters. The van der Waals surface area contributed by atoms with E-state index in [1.165, 1.54) is 6.47 Å². The van der Waals surface area contributed by atoms with E-state index in [2.05, 4.69) is 17.0 Å². The molecular weight excluding hydrogens is 112 g/mol. The van der Waals surface area contributed by atoms with E-state index in [1.807, 2.05) is 0 Å². The zero-order valence-electron chi connectivity index (χ0n) is 3.93. The Morgan fingerprint density at radius 3 is 2.71 bits per heavy atom. The zero-order valence-corrected chi connectivity index (χ0v) is 4.75. The van der Waals surface area contributed by atoms with Crippen molar-refractivity contribution < 1.29 is 9.53 Å². The number of ether oxygens (including phenoxy) is 1. The minimum Gasteiger partial charge on any atom is -0.452 e. The highest BCUT2D eigenvalue weighted by Crippen LogP contribution is 1.73. The summed E-state index contributed by atoms with van der Waals surface area (Å²) >= 11 is 4.56. The van der Waals surface area contributed by atoms with Crippen LogP contribution in [0.5, 0.6) is 0 Å². The van der Waals surface area contributed by atoms with Gasteiger partial charge in [-0.15, -0.1) is 0 Å². The molecule has 0 aromatic carbocycles. The van der Waals surface area contributed by atoms with Gasteiger partial charge in [0.1, 0.15) is 6.61 Å². The van der Waals surface area contributed by atoms with Crippen LogP contribution >= 0.6 is 12.2 Å². The monoisotopic (exact) mass is 117 g/mol. The molecule has 0 aliphatic heterocycles. The van der Waals surface area contributed by atoms with Crippen molar-refractivity contribution in [2.24, 2.45) is 0 Å². The molecular formula is C4H5O2S. The van der Waals surface area contributed by atoms with Crippen molar-refractivity contribution in [1.82, 2.24) is 0 Å². The Balaban J connectivity index is 2.97. The summed E-state index contributed by atoms with van der Waals surface area (Å²) < 4.78 is 4.15. The third-order valence-electron chi connectivity index (χ3n) is 0.334. The predicted octanol–water partition coefficient (Wildman–Crippen LogP) is 0.460. The Bertz CT molecular complexity index is 79.8. The molecule has 3 heteroatoms. The van der Waals surface area contributed by atoms with Crippen LogP contribution in [0.3, 0.4) is 0 Å². The molecule has 0 saturated heterocycles. The van der Waals surface area contributed by atoms with Crippen molar-refractivity contribution in [2.75, 3.05) is 6.61 Å². The van der Waals surface area contributed by atoms with Gasteiger partial charge in [0.05, 0.1) is 0 Å². The fourth-order valence-corrected chi connectivity index (χ4v) is 0.190. The highest BCUT2D eigenvalue weighted by Gasteiger charge is 1.83. The van der Waals surface area contributed by atoms with Crippen molar-refractivity contribution in [1.29, 1.82) is 0 Å². The molecule has 0 aromatic rings. The van der Waals surface area contributed by atoms with Crippen molar-refractivity contribution in [3.63, 3.8) is 0 Å². The molecule has 0 amide bonds. The van der Waals surface area contributed by atoms with Crippen LogP contribution in [-0.4, -0.2) is 17.9 Å². The molecule has 0 spiro atoms. The molecule has 2 nitrogen and oxygen atoms in total. The first-order valence-corrected chi connectivity index (χ1v) is 2.16. The molecule has 0 heterocycles. The van der Waals surface area contributed by atoms with Crippen LogP contribution in [0.1, 0.15) is 6.92 Å². The van der Waals surface area contributed by atoms with Crippen molar-refractivity contribution >= 4 is 23.6 Å². The van der Waals surface area contributed by atoms with Gasteiger partial charge in [0.15, 0.2) is 0 Å². The topological polar surface area (TPSA) is 26.3 Å². The van der Waals surface area contributed by atoms with E-state index in [0.29, 0.717) is 4.86 Å². The van der Waals surface area contributed by atoms with E-state index in [0.717, 1.165) is 0 Å². The second kappa shape index (κ2) is 3.74. The Morgan fingerprint density at radius 1 is 2.00 bits per heavy atom. The van der Waals surface area contributed by atoms with Gasteiger partial charge in [0.2, 0.25) is 0 Å². The van der Waals surface area contributed by atoms with Gasteiger partial charge >= 0.3 is 6.47 Å². The van der Waals surface area contributed by atoms with Gasteiger partial charge in [0.25, 0.3) is 0 Å². The van der Waals surface area contributed by atoms with Crippen molar-refractivity contribution in [3.8, 4) is 0 Å². The Hall–Kier alpha value is -0.440. The number of rotatable bonds is 3. The van der Waals surface area contributed by atoms with Crippen LogP contribution in [0, 0.1) is 0 Å². The first-order valence-electron chi connectivity index (χ1n) is 1.75. The lowest BCUT2D eigenvalue weighted by Crippen LogP contribution is -1.98. The lowest BCUT2D eigenvalue weighted by atomic mass is 10.5. The summed E-state index contributed by atoms with van der Waals surface area (Å²) in [6.07, 6.45) is 0. The maximum absolute atomic E-state index is 9.30. The molecule has 39 valence electrons. The summed E-state index contributed by atoms with van der Waals surface area (Å²) in [5.41, 5.74) is 0. The molecule has 0 N–H and O–H groups in total. The van der Waals surface area contributed by atoms with Crippen LogP contribution in [0.4, 0.5) is 0 Å². The maximum Gasteiger partial charge on any atom is 0.417 e. The number of carbonyl (C=O) groups excluding carboxylic acids is 1. The first-order chi connectivity index (χ1) is 3.27. The van der Waals surface area contributed by atoms with E-state index >= 15 is 0 Å². The van der Waals surface area contributed by atoms with E-state index in [4.69, 9.17) is 0 Å². The Morgan fingerprint density at radius 2 is 2.57 bits per heavy atom. The van der Waals surface area contributed by atoms with Gasteiger partial charge in [-0.05, 0) is 6.92 Å². The minimum absolute atomic E-state index is 0.207. The highest BCUT2D eigenvalue weighted by molar-refractivity contribution is 7.80. The quantitative estimate of drug-likeness (QED) is 0.502. The smallest absolute Gasteiger partial charge is 0.417 e. The van der Waals surface area contributed by atoms with Crippen LogP contribution in [0.2, 0.25) is 0 Å². The largest absolute Gasteiger partial charge is 0.452 e. The van der Waals surface area contributed by atoms with Gasteiger partial charge in [-0.25, -0.2) is 4.79 Å². The molecule has 0 saturated carbocycles. The molecule has 0 aliphatic carbocycles. The molecule has 0 aromatic heterocycles. The molecule has 0 rings (SSSR count). The fraction of sp³-hybridized carbons (Fsp3) is 0.500. The van der Waals surface area contributed by atoms with Gasteiger partial charge in [-0.2, -0.15) is 0 Å². The average Bonchev–Trinajstić information content (AvgIpc) is 1.61. The highest BCUT2D eigenvalue weighted by atomic mass is 32.1. The summed E-state index contributed by atoms with van der Waals surface area (Å²) in [6.45, 7) is 3.17. The van der Waals surface area contributed by atoms with Crippen LogP contribution in [-0.2, 0) is 9.53 Å². The standard InChI is InChI=1S/C4H5O2S/c1-4(7)2-6-3-5/h2H2,1H3. The van der Waals surface area contributed by atoms with Crippen molar-refractivity contribution in [2.45, 2.75) is 6.92 Å². The second-order valence-corrected chi connectivity index (χ2v) is 1.77. The number of hydrogen-bond acceptors (Lipinski definition) is 3. The predicted molar refractivity (Wildman–Crippen MR) is 29.9 cm³/mol. The molecule has 0 unspecified atom stereocenters. The summed E-state index contributed by atoms with van der Waals surface area (Å²) in [5.74, 6) is 0. The Labute approximate surface area is 47.5 Å². The van der Waals surface area contributed by atoms with Gasteiger partial charge in [0, 0.05) is 4.86 Å². The lowest BCUT2D eigenvalue weighted by Gasteiger charge is -1.88. The third-order valence-corrected chi connectivity index (χ3v) is 0.452. The molecule has 0 bridgehead atoms. The molecule has 1 radical (unpaired) electrons. The number of hydrogen-bond donors (Lipinski definition) is 0. The fourth-order valence-electron chi connectivity index (χ4n) is 0.131. The lowest BCUT2D eigenvalue weighted by molar-refractivity contribution is 0.325. The Kier molecular flexibility index (Phi) is 3.50. The van der Waals surface area contributed by atoms with Crippen LogP contribution in [0.15, 0.2) is 0 Å². The van der Waals surface area contributed by atoms with Gasteiger partial charge in [-0.1, -0.05) is 12.2 Å². The zero-order chi connectivity index (χ0) is 5.70. The van der Waals surface area contributed by atoms with Gasteiger partial charge < -0.3 is 4.74 Å². The second-order valence-electron chi connectivity index (χ2n) is 1.07.